The molecule has 0 spiro atoms. The summed E-state index contributed by atoms with van der Waals surface area (Å²) in [6.07, 6.45) is 4.85. The zero-order valence-electron chi connectivity index (χ0n) is 12.8. The fraction of sp³-hybridized carbons (Fsp3) is 0.444. The Hall–Kier alpha value is -1.16. The van der Waals surface area contributed by atoms with Crippen molar-refractivity contribution in [2.75, 3.05) is 20.8 Å². The number of hydrogen-bond donors (Lipinski definition) is 1. The summed E-state index contributed by atoms with van der Waals surface area (Å²) in [5.41, 5.74) is 4.26. The summed E-state index contributed by atoms with van der Waals surface area (Å²) in [4.78, 5) is 3.05. The van der Waals surface area contributed by atoms with Gasteiger partial charge in [-0.05, 0) is 55.5 Å². The standard InChI is InChI=1S/C18H23NOS/c1-19-18(17-12-15-4-3-5-16(15)21-17)14-8-6-13(7-9-14)10-11-20-2/h6-9,12,18-19H,3-5,10-11H2,1-2H3. The number of methoxy groups -OCH3 is 1. The lowest BCUT2D eigenvalue weighted by Gasteiger charge is -2.16. The second-order valence-corrected chi connectivity index (χ2v) is 6.83. The summed E-state index contributed by atoms with van der Waals surface area (Å²) in [6, 6.07) is 11.7. The van der Waals surface area contributed by atoms with Crippen molar-refractivity contribution in [2.45, 2.75) is 31.7 Å². The Morgan fingerprint density at radius 3 is 2.71 bits per heavy atom. The highest BCUT2D eigenvalue weighted by molar-refractivity contribution is 7.12. The van der Waals surface area contributed by atoms with Crippen LogP contribution in [0, 0.1) is 0 Å². The van der Waals surface area contributed by atoms with E-state index in [1.54, 1.807) is 17.6 Å². The Morgan fingerprint density at radius 1 is 1.24 bits per heavy atom. The largest absolute Gasteiger partial charge is 0.384 e. The van der Waals surface area contributed by atoms with Crippen LogP contribution in [0.5, 0.6) is 0 Å². The molecule has 1 atom stereocenters. The van der Waals surface area contributed by atoms with Crippen LogP contribution < -0.4 is 5.32 Å². The lowest BCUT2D eigenvalue weighted by atomic mass is 10.0. The molecule has 0 amide bonds. The molecule has 0 radical (unpaired) electrons. The molecule has 0 fully saturated rings. The van der Waals surface area contributed by atoms with E-state index in [1.807, 2.05) is 18.4 Å². The van der Waals surface area contributed by atoms with Gasteiger partial charge in [0.2, 0.25) is 0 Å². The van der Waals surface area contributed by atoms with E-state index in [0.29, 0.717) is 6.04 Å². The van der Waals surface area contributed by atoms with Crippen LogP contribution in [0.25, 0.3) is 0 Å². The van der Waals surface area contributed by atoms with E-state index < -0.39 is 0 Å². The van der Waals surface area contributed by atoms with E-state index in [1.165, 1.54) is 35.3 Å². The predicted molar refractivity (Wildman–Crippen MR) is 89.3 cm³/mol. The van der Waals surface area contributed by atoms with Gasteiger partial charge in [0.25, 0.3) is 0 Å². The molecular formula is C18H23NOS. The SMILES string of the molecule is CNC(c1ccc(CCOC)cc1)c1cc2c(s1)CCC2. The maximum atomic E-state index is 5.14. The molecule has 0 bridgehead atoms. The van der Waals surface area contributed by atoms with Crippen LogP contribution in [0.2, 0.25) is 0 Å². The third-order valence-electron chi connectivity index (χ3n) is 4.25. The van der Waals surface area contributed by atoms with Crippen molar-refractivity contribution in [2.24, 2.45) is 0 Å². The maximum Gasteiger partial charge on any atom is 0.0668 e. The highest BCUT2D eigenvalue weighted by Crippen LogP contribution is 2.35. The third kappa shape index (κ3) is 3.20. The van der Waals surface area contributed by atoms with E-state index >= 15 is 0 Å². The number of benzene rings is 1. The monoisotopic (exact) mass is 301 g/mol. The van der Waals surface area contributed by atoms with E-state index in [4.69, 9.17) is 4.74 Å². The van der Waals surface area contributed by atoms with Crippen molar-refractivity contribution in [3.8, 4) is 0 Å². The van der Waals surface area contributed by atoms with Gasteiger partial charge in [-0.2, -0.15) is 0 Å². The van der Waals surface area contributed by atoms with Crippen molar-refractivity contribution in [1.29, 1.82) is 0 Å². The maximum absolute atomic E-state index is 5.14. The summed E-state index contributed by atoms with van der Waals surface area (Å²) >= 11 is 1.99. The van der Waals surface area contributed by atoms with Gasteiger partial charge in [-0.1, -0.05) is 24.3 Å². The Morgan fingerprint density at radius 2 is 2.05 bits per heavy atom. The second-order valence-electron chi connectivity index (χ2n) is 5.66. The van der Waals surface area contributed by atoms with E-state index in [-0.39, 0.29) is 0 Å². The number of thiophene rings is 1. The minimum absolute atomic E-state index is 0.317. The van der Waals surface area contributed by atoms with Crippen LogP contribution in [0.4, 0.5) is 0 Å². The van der Waals surface area contributed by atoms with Crippen LogP contribution in [0.1, 0.15) is 38.9 Å². The van der Waals surface area contributed by atoms with Crippen molar-refractivity contribution in [3.63, 3.8) is 0 Å². The molecule has 21 heavy (non-hydrogen) atoms. The fourth-order valence-corrected chi connectivity index (χ4v) is 4.46. The summed E-state index contributed by atoms with van der Waals surface area (Å²) in [6.45, 7) is 0.784. The number of rotatable bonds is 6. The lowest BCUT2D eigenvalue weighted by Crippen LogP contribution is -2.16. The lowest BCUT2D eigenvalue weighted by molar-refractivity contribution is 0.202. The average Bonchev–Trinajstić information content (AvgIpc) is 3.09. The van der Waals surface area contributed by atoms with Crippen molar-refractivity contribution in [1.82, 2.24) is 5.32 Å². The first-order chi connectivity index (χ1) is 10.3. The number of ether oxygens (including phenoxy) is 1. The van der Waals surface area contributed by atoms with Gasteiger partial charge in [0, 0.05) is 16.9 Å². The molecule has 0 aliphatic heterocycles. The summed E-state index contributed by atoms with van der Waals surface area (Å²) in [5.74, 6) is 0. The molecule has 1 heterocycles. The highest BCUT2D eigenvalue weighted by atomic mass is 32.1. The summed E-state index contributed by atoms with van der Waals surface area (Å²) in [7, 11) is 3.80. The number of hydrogen-bond acceptors (Lipinski definition) is 3. The molecule has 2 nitrogen and oxygen atoms in total. The second kappa shape index (κ2) is 6.73. The van der Waals surface area contributed by atoms with Gasteiger partial charge in [0.15, 0.2) is 0 Å². The topological polar surface area (TPSA) is 21.3 Å². The number of aryl methyl sites for hydroxylation is 2. The summed E-state index contributed by atoms with van der Waals surface area (Å²) < 4.78 is 5.14. The quantitative estimate of drug-likeness (QED) is 0.877. The fourth-order valence-electron chi connectivity index (χ4n) is 3.06. The molecule has 0 saturated carbocycles. The van der Waals surface area contributed by atoms with Gasteiger partial charge < -0.3 is 10.1 Å². The van der Waals surface area contributed by atoms with Crippen molar-refractivity contribution in [3.05, 3.63) is 56.8 Å². The van der Waals surface area contributed by atoms with Crippen molar-refractivity contribution >= 4 is 11.3 Å². The first-order valence-corrected chi connectivity index (χ1v) is 8.50. The van der Waals surface area contributed by atoms with Crippen LogP contribution in [-0.4, -0.2) is 20.8 Å². The van der Waals surface area contributed by atoms with Gasteiger partial charge in [-0.3, -0.25) is 0 Å². The Kier molecular flexibility index (Phi) is 4.73. The molecule has 0 saturated heterocycles. The van der Waals surface area contributed by atoms with E-state index in [0.717, 1.165) is 13.0 Å². The van der Waals surface area contributed by atoms with Gasteiger partial charge in [-0.15, -0.1) is 11.3 Å². The molecule has 3 rings (SSSR count). The molecule has 1 aromatic carbocycles. The Bertz CT molecular complexity index is 566. The molecule has 1 aliphatic rings. The molecule has 1 aromatic heterocycles. The van der Waals surface area contributed by atoms with Gasteiger partial charge in [-0.25, -0.2) is 0 Å². The summed E-state index contributed by atoms with van der Waals surface area (Å²) in [5, 5.41) is 3.47. The first kappa shape index (κ1) is 14.8. The van der Waals surface area contributed by atoms with Gasteiger partial charge in [0.05, 0.1) is 12.6 Å². The molecule has 2 aromatic rings. The molecule has 3 heteroatoms. The molecule has 1 unspecified atom stereocenters. The molecule has 1 N–H and O–H groups in total. The molecule has 1 aliphatic carbocycles. The minimum Gasteiger partial charge on any atom is -0.384 e. The highest BCUT2D eigenvalue weighted by Gasteiger charge is 2.20. The van der Waals surface area contributed by atoms with Gasteiger partial charge in [0.1, 0.15) is 0 Å². The van der Waals surface area contributed by atoms with Crippen LogP contribution >= 0.6 is 11.3 Å². The normalized spacial score (nSPS) is 15.1. The molecule has 112 valence electrons. The minimum atomic E-state index is 0.317. The third-order valence-corrected chi connectivity index (χ3v) is 5.55. The number of fused-ring (bicyclic) bond motifs is 1. The van der Waals surface area contributed by atoms with Crippen LogP contribution in [-0.2, 0) is 24.0 Å². The van der Waals surface area contributed by atoms with Crippen molar-refractivity contribution < 1.29 is 4.74 Å². The average molecular weight is 301 g/mol. The van der Waals surface area contributed by atoms with Crippen LogP contribution in [0.3, 0.4) is 0 Å². The Labute approximate surface area is 131 Å². The zero-order chi connectivity index (χ0) is 14.7. The van der Waals surface area contributed by atoms with E-state index in [2.05, 4.69) is 35.6 Å². The predicted octanol–water partition coefficient (Wildman–Crippen LogP) is 3.73. The first-order valence-electron chi connectivity index (χ1n) is 7.68. The Balaban J connectivity index is 1.78. The van der Waals surface area contributed by atoms with Gasteiger partial charge >= 0.3 is 0 Å². The van der Waals surface area contributed by atoms with Crippen LogP contribution in [0.15, 0.2) is 30.3 Å². The number of nitrogens with one attached hydrogen (secondary N) is 1. The zero-order valence-corrected chi connectivity index (χ0v) is 13.6. The smallest absolute Gasteiger partial charge is 0.0668 e. The van der Waals surface area contributed by atoms with E-state index in [9.17, 15) is 0 Å². The molecular weight excluding hydrogens is 278 g/mol.